The van der Waals surface area contributed by atoms with Crippen molar-refractivity contribution in [1.29, 1.82) is 0 Å². The highest BCUT2D eigenvalue weighted by Crippen LogP contribution is 2.23. The summed E-state index contributed by atoms with van der Waals surface area (Å²) in [7, 11) is 0. The molecule has 1 N–H and O–H groups in total. The number of pyridine rings is 1. The number of rotatable bonds is 3. The van der Waals surface area contributed by atoms with Crippen molar-refractivity contribution in [3.63, 3.8) is 0 Å². The summed E-state index contributed by atoms with van der Waals surface area (Å²) < 4.78 is 27.7. The highest BCUT2D eigenvalue weighted by atomic mass is 79.9. The van der Waals surface area contributed by atoms with Gasteiger partial charge in [-0.05, 0) is 49.6 Å². The van der Waals surface area contributed by atoms with Crippen LogP contribution in [-0.4, -0.2) is 4.98 Å². The van der Waals surface area contributed by atoms with Gasteiger partial charge in [-0.2, -0.15) is 0 Å². The van der Waals surface area contributed by atoms with E-state index in [-0.39, 0.29) is 10.2 Å². The Morgan fingerprint density at radius 2 is 1.83 bits per heavy atom. The number of hydrogen-bond donors (Lipinski definition) is 1. The summed E-state index contributed by atoms with van der Waals surface area (Å²) in [6.45, 7) is 0.366. The third-order valence-corrected chi connectivity index (χ3v) is 3.30. The molecule has 1 heterocycles. The highest BCUT2D eigenvalue weighted by molar-refractivity contribution is 9.10. The molecule has 94 valence electrons. The molecular formula is C12H8Br2F2N2. The normalized spacial score (nSPS) is 10.4. The van der Waals surface area contributed by atoms with Gasteiger partial charge in [0.2, 0.25) is 0 Å². The Bertz CT molecular complexity index is 576. The lowest BCUT2D eigenvalue weighted by Crippen LogP contribution is -2.02. The molecule has 0 aliphatic rings. The standard InChI is InChI=1S/C12H8Br2F2N2/c13-8-1-7(4-17-6-8)5-18-12-3-10(15)9(14)2-11(12)16/h1-4,6,18H,5H2. The molecule has 0 saturated heterocycles. The zero-order chi connectivity index (χ0) is 13.1. The fourth-order valence-electron chi connectivity index (χ4n) is 1.41. The minimum Gasteiger partial charge on any atom is -0.378 e. The molecule has 2 rings (SSSR count). The van der Waals surface area contributed by atoms with E-state index < -0.39 is 11.6 Å². The van der Waals surface area contributed by atoms with Gasteiger partial charge in [0.1, 0.15) is 11.6 Å². The van der Waals surface area contributed by atoms with E-state index in [9.17, 15) is 8.78 Å². The first-order chi connectivity index (χ1) is 8.56. The van der Waals surface area contributed by atoms with Crippen LogP contribution in [0.1, 0.15) is 5.56 Å². The molecule has 2 aromatic rings. The molecule has 0 saturated carbocycles. The Labute approximate surface area is 120 Å². The number of aromatic nitrogens is 1. The van der Waals surface area contributed by atoms with Gasteiger partial charge in [0.05, 0.1) is 10.2 Å². The maximum atomic E-state index is 13.5. The van der Waals surface area contributed by atoms with E-state index in [0.29, 0.717) is 6.54 Å². The van der Waals surface area contributed by atoms with Crippen LogP contribution in [0.15, 0.2) is 39.5 Å². The predicted molar refractivity (Wildman–Crippen MR) is 73.3 cm³/mol. The zero-order valence-electron chi connectivity index (χ0n) is 9.05. The predicted octanol–water partition coefficient (Wildman–Crippen LogP) is 4.50. The van der Waals surface area contributed by atoms with Crippen LogP contribution in [0.2, 0.25) is 0 Å². The number of anilines is 1. The first kappa shape index (κ1) is 13.4. The summed E-state index contributed by atoms with van der Waals surface area (Å²) in [4.78, 5) is 3.99. The average molecular weight is 378 g/mol. The third kappa shape index (κ3) is 3.26. The van der Waals surface area contributed by atoms with Gasteiger partial charge in [-0.3, -0.25) is 4.98 Å². The van der Waals surface area contributed by atoms with Gasteiger partial charge in [-0.15, -0.1) is 0 Å². The first-order valence-electron chi connectivity index (χ1n) is 5.04. The fourth-order valence-corrected chi connectivity index (χ4v) is 2.14. The van der Waals surface area contributed by atoms with Gasteiger partial charge in [-0.25, -0.2) is 8.78 Å². The van der Waals surface area contributed by atoms with Gasteiger partial charge >= 0.3 is 0 Å². The van der Waals surface area contributed by atoms with E-state index in [2.05, 4.69) is 42.2 Å². The van der Waals surface area contributed by atoms with Crippen LogP contribution >= 0.6 is 31.9 Å². The zero-order valence-corrected chi connectivity index (χ0v) is 12.2. The maximum Gasteiger partial charge on any atom is 0.147 e. The SMILES string of the molecule is Fc1cc(NCc2cncc(Br)c2)c(F)cc1Br. The summed E-state index contributed by atoms with van der Waals surface area (Å²) in [6, 6.07) is 4.06. The minimum absolute atomic E-state index is 0.106. The Balaban J connectivity index is 2.13. The molecule has 6 heteroatoms. The largest absolute Gasteiger partial charge is 0.378 e. The molecule has 18 heavy (non-hydrogen) atoms. The van der Waals surface area contributed by atoms with Gasteiger partial charge in [-0.1, -0.05) is 0 Å². The van der Waals surface area contributed by atoms with Gasteiger partial charge in [0, 0.05) is 29.5 Å². The number of benzene rings is 1. The Morgan fingerprint density at radius 1 is 1.06 bits per heavy atom. The van der Waals surface area contributed by atoms with Crippen molar-refractivity contribution in [2.24, 2.45) is 0 Å². The first-order valence-corrected chi connectivity index (χ1v) is 6.62. The lowest BCUT2D eigenvalue weighted by molar-refractivity contribution is 0.596. The Morgan fingerprint density at radius 3 is 2.56 bits per heavy atom. The van der Waals surface area contributed by atoms with Crippen molar-refractivity contribution in [1.82, 2.24) is 4.98 Å². The maximum absolute atomic E-state index is 13.5. The highest BCUT2D eigenvalue weighted by Gasteiger charge is 2.07. The Kier molecular flexibility index (Phi) is 4.29. The quantitative estimate of drug-likeness (QED) is 0.796. The second kappa shape index (κ2) is 5.75. The molecule has 0 amide bonds. The molecule has 0 fully saturated rings. The smallest absolute Gasteiger partial charge is 0.147 e. The van der Waals surface area contributed by atoms with Crippen molar-refractivity contribution in [3.05, 3.63) is 56.7 Å². The van der Waals surface area contributed by atoms with Crippen molar-refractivity contribution in [3.8, 4) is 0 Å². The van der Waals surface area contributed by atoms with Gasteiger partial charge < -0.3 is 5.32 Å². The molecule has 0 radical (unpaired) electrons. The van der Waals surface area contributed by atoms with Gasteiger partial charge in [0.25, 0.3) is 0 Å². The monoisotopic (exact) mass is 376 g/mol. The van der Waals surface area contributed by atoms with Crippen LogP contribution in [0.5, 0.6) is 0 Å². The number of nitrogens with one attached hydrogen (secondary N) is 1. The lowest BCUT2D eigenvalue weighted by Gasteiger charge is -2.08. The van der Waals surface area contributed by atoms with E-state index in [1.165, 1.54) is 0 Å². The lowest BCUT2D eigenvalue weighted by atomic mass is 10.2. The topological polar surface area (TPSA) is 24.9 Å². The van der Waals surface area contributed by atoms with Gasteiger partial charge in [0.15, 0.2) is 0 Å². The van der Waals surface area contributed by atoms with E-state index in [1.54, 1.807) is 12.4 Å². The summed E-state index contributed by atoms with van der Waals surface area (Å²) in [6.07, 6.45) is 3.31. The van der Waals surface area contributed by atoms with E-state index in [1.807, 2.05) is 6.07 Å². The summed E-state index contributed by atoms with van der Waals surface area (Å²) in [5.41, 5.74) is 0.989. The third-order valence-electron chi connectivity index (χ3n) is 2.25. The molecular weight excluding hydrogens is 370 g/mol. The Hall–Kier alpha value is -1.01. The van der Waals surface area contributed by atoms with Crippen LogP contribution in [0.3, 0.4) is 0 Å². The molecule has 1 aromatic heterocycles. The van der Waals surface area contributed by atoms with Crippen molar-refractivity contribution < 1.29 is 8.78 Å². The van der Waals surface area contributed by atoms with E-state index >= 15 is 0 Å². The molecule has 0 unspecified atom stereocenters. The number of hydrogen-bond acceptors (Lipinski definition) is 2. The molecule has 0 bridgehead atoms. The molecule has 0 spiro atoms. The molecule has 2 nitrogen and oxygen atoms in total. The second-order valence-electron chi connectivity index (χ2n) is 3.61. The molecule has 0 atom stereocenters. The fraction of sp³-hybridized carbons (Fsp3) is 0.0833. The summed E-state index contributed by atoms with van der Waals surface area (Å²) in [5.74, 6) is -1.02. The number of halogens is 4. The van der Waals surface area contributed by atoms with E-state index in [0.717, 1.165) is 22.2 Å². The van der Waals surface area contributed by atoms with Crippen LogP contribution in [0, 0.1) is 11.6 Å². The molecule has 0 aliphatic carbocycles. The van der Waals surface area contributed by atoms with Crippen LogP contribution in [0.25, 0.3) is 0 Å². The van der Waals surface area contributed by atoms with Crippen LogP contribution in [-0.2, 0) is 6.54 Å². The summed E-state index contributed by atoms with van der Waals surface area (Å²) >= 11 is 6.22. The van der Waals surface area contributed by atoms with Crippen molar-refractivity contribution >= 4 is 37.5 Å². The minimum atomic E-state index is -0.508. The molecule has 0 aliphatic heterocycles. The average Bonchev–Trinajstić information content (AvgIpc) is 2.32. The number of nitrogens with zero attached hydrogens (tertiary/aromatic N) is 1. The van der Waals surface area contributed by atoms with Crippen molar-refractivity contribution in [2.45, 2.75) is 6.54 Å². The van der Waals surface area contributed by atoms with E-state index in [4.69, 9.17) is 0 Å². The van der Waals surface area contributed by atoms with Crippen LogP contribution < -0.4 is 5.32 Å². The van der Waals surface area contributed by atoms with Crippen molar-refractivity contribution in [2.75, 3.05) is 5.32 Å². The molecule has 1 aromatic carbocycles. The second-order valence-corrected chi connectivity index (χ2v) is 5.38. The summed E-state index contributed by atoms with van der Waals surface area (Å²) in [5, 5.41) is 2.83. The van der Waals surface area contributed by atoms with Crippen LogP contribution in [0.4, 0.5) is 14.5 Å².